The van der Waals surface area contributed by atoms with E-state index in [-0.39, 0.29) is 0 Å². The fourth-order valence-electron chi connectivity index (χ4n) is 2.34. The molecule has 0 aliphatic rings. The monoisotopic (exact) mass is 294 g/mol. The molecule has 2 heteroatoms. The summed E-state index contributed by atoms with van der Waals surface area (Å²) in [7, 11) is 0. The fourth-order valence-corrected chi connectivity index (χ4v) is 2.34. The van der Waals surface area contributed by atoms with E-state index in [0.29, 0.717) is 12.2 Å². The van der Waals surface area contributed by atoms with Gasteiger partial charge in [0.15, 0.2) is 0 Å². The first kappa shape index (κ1) is 19.9. The third-order valence-corrected chi connectivity index (χ3v) is 3.68. The highest BCUT2D eigenvalue weighted by Crippen LogP contribution is 2.11. The molecule has 21 heavy (non-hydrogen) atoms. The molecule has 0 aliphatic heterocycles. The van der Waals surface area contributed by atoms with Crippen LogP contribution < -0.4 is 0 Å². The Balaban J connectivity index is 3.15. The van der Waals surface area contributed by atoms with Gasteiger partial charge in [0, 0.05) is 6.42 Å². The van der Waals surface area contributed by atoms with Crippen molar-refractivity contribution in [1.29, 1.82) is 0 Å². The van der Waals surface area contributed by atoms with Crippen LogP contribution in [0.1, 0.15) is 90.4 Å². The number of hydrogen-bond acceptors (Lipinski definition) is 2. The molecule has 0 saturated heterocycles. The molecule has 0 rings (SSSR count). The minimum atomic E-state index is 0.455. The van der Waals surface area contributed by atoms with E-state index in [1.807, 2.05) is 0 Å². The Morgan fingerprint density at radius 2 is 1.38 bits per heavy atom. The van der Waals surface area contributed by atoms with Crippen LogP contribution in [0.4, 0.5) is 0 Å². The second-order valence-electron chi connectivity index (χ2n) is 5.73. The Bertz CT molecular complexity index is 269. The molecule has 0 unspecified atom stereocenters. The maximum Gasteiger partial charge on any atom is 0.298 e. The maximum absolute atomic E-state index is 10.1. The molecule has 0 aliphatic carbocycles. The van der Waals surface area contributed by atoms with E-state index in [9.17, 15) is 4.79 Å². The smallest absolute Gasteiger partial charge is 0.298 e. The zero-order valence-electron chi connectivity index (χ0n) is 13.9. The molecule has 0 saturated carbocycles. The van der Waals surface area contributed by atoms with Crippen LogP contribution in [0.25, 0.3) is 0 Å². The minimum Gasteiger partial charge on any atom is -0.434 e. The van der Waals surface area contributed by atoms with Crippen LogP contribution in [0.2, 0.25) is 0 Å². The summed E-state index contributed by atoms with van der Waals surface area (Å²) in [6.45, 7) is 6.40. The van der Waals surface area contributed by atoms with Gasteiger partial charge in [-0.25, -0.2) is 0 Å². The molecule has 0 spiro atoms. The van der Waals surface area contributed by atoms with Gasteiger partial charge in [-0.1, -0.05) is 70.6 Å². The van der Waals surface area contributed by atoms with Crippen molar-refractivity contribution in [3.63, 3.8) is 0 Å². The van der Waals surface area contributed by atoms with Crippen molar-refractivity contribution >= 4 is 6.47 Å². The molecule has 0 aromatic carbocycles. The summed E-state index contributed by atoms with van der Waals surface area (Å²) in [6, 6.07) is 0. The Labute approximate surface area is 131 Å². The molecule has 0 fully saturated rings. The van der Waals surface area contributed by atoms with Crippen molar-refractivity contribution in [2.24, 2.45) is 0 Å². The SMILES string of the molecule is C=C(CCCCCCC=CCCCCCCCC)OC=O. The van der Waals surface area contributed by atoms with Crippen molar-refractivity contribution in [2.75, 3.05) is 0 Å². The molecular weight excluding hydrogens is 260 g/mol. The van der Waals surface area contributed by atoms with E-state index in [0.717, 1.165) is 12.8 Å². The van der Waals surface area contributed by atoms with Crippen molar-refractivity contribution in [1.82, 2.24) is 0 Å². The molecule has 0 aromatic heterocycles. The summed E-state index contributed by atoms with van der Waals surface area (Å²) in [6.07, 6.45) is 20.9. The van der Waals surface area contributed by atoms with Crippen LogP contribution in [0, 0.1) is 0 Å². The van der Waals surface area contributed by atoms with Crippen molar-refractivity contribution in [3.8, 4) is 0 Å². The van der Waals surface area contributed by atoms with Gasteiger partial charge in [-0.05, 0) is 32.1 Å². The lowest BCUT2D eigenvalue weighted by atomic mass is 10.1. The Morgan fingerprint density at radius 1 is 0.857 bits per heavy atom. The van der Waals surface area contributed by atoms with Crippen molar-refractivity contribution < 1.29 is 9.53 Å². The molecule has 0 aromatic rings. The van der Waals surface area contributed by atoms with E-state index in [4.69, 9.17) is 0 Å². The number of unbranched alkanes of at least 4 members (excludes halogenated alkanes) is 10. The van der Waals surface area contributed by atoms with Crippen molar-refractivity contribution in [3.05, 3.63) is 24.5 Å². The lowest BCUT2D eigenvalue weighted by molar-refractivity contribution is -0.125. The molecule has 0 amide bonds. The summed E-state index contributed by atoms with van der Waals surface area (Å²) in [5.41, 5.74) is 0. The van der Waals surface area contributed by atoms with E-state index < -0.39 is 0 Å². The van der Waals surface area contributed by atoms with Gasteiger partial charge < -0.3 is 4.74 Å². The van der Waals surface area contributed by atoms with Crippen LogP contribution in [-0.4, -0.2) is 6.47 Å². The first-order valence-electron chi connectivity index (χ1n) is 8.74. The highest BCUT2D eigenvalue weighted by atomic mass is 16.5. The summed E-state index contributed by atoms with van der Waals surface area (Å²) >= 11 is 0. The first-order chi connectivity index (χ1) is 10.3. The molecule has 2 nitrogen and oxygen atoms in total. The lowest BCUT2D eigenvalue weighted by Crippen LogP contribution is -1.88. The Morgan fingerprint density at radius 3 is 1.95 bits per heavy atom. The number of carbonyl (C=O) groups excluding carboxylic acids is 1. The van der Waals surface area contributed by atoms with E-state index >= 15 is 0 Å². The second kappa shape index (κ2) is 17.0. The Kier molecular flexibility index (Phi) is 16.2. The molecule has 0 N–H and O–H groups in total. The zero-order valence-corrected chi connectivity index (χ0v) is 13.9. The number of hydrogen-bond donors (Lipinski definition) is 0. The molecule has 122 valence electrons. The number of allylic oxidation sites excluding steroid dienone is 3. The first-order valence-corrected chi connectivity index (χ1v) is 8.74. The van der Waals surface area contributed by atoms with Gasteiger partial charge in [0.2, 0.25) is 0 Å². The highest BCUT2D eigenvalue weighted by Gasteiger charge is 1.94. The van der Waals surface area contributed by atoms with Crippen LogP contribution in [-0.2, 0) is 9.53 Å². The van der Waals surface area contributed by atoms with Gasteiger partial charge in [0.05, 0.1) is 0 Å². The summed E-state index contributed by atoms with van der Waals surface area (Å²) < 4.78 is 4.67. The average Bonchev–Trinajstić information content (AvgIpc) is 2.48. The summed E-state index contributed by atoms with van der Waals surface area (Å²) in [4.78, 5) is 10.1. The van der Waals surface area contributed by atoms with Crippen molar-refractivity contribution in [2.45, 2.75) is 90.4 Å². The predicted molar refractivity (Wildman–Crippen MR) is 91.1 cm³/mol. The van der Waals surface area contributed by atoms with Gasteiger partial charge in [-0.2, -0.15) is 0 Å². The summed E-state index contributed by atoms with van der Waals surface area (Å²) in [5, 5.41) is 0. The highest BCUT2D eigenvalue weighted by molar-refractivity contribution is 5.39. The third-order valence-electron chi connectivity index (χ3n) is 3.68. The molecule has 0 atom stereocenters. The lowest BCUT2D eigenvalue weighted by Gasteiger charge is -2.02. The number of ether oxygens (including phenoxy) is 1. The third kappa shape index (κ3) is 16.9. The maximum atomic E-state index is 10.1. The van der Waals surface area contributed by atoms with Gasteiger partial charge in [-0.3, -0.25) is 4.79 Å². The van der Waals surface area contributed by atoms with Crippen LogP contribution >= 0.6 is 0 Å². The average molecular weight is 294 g/mol. The topological polar surface area (TPSA) is 26.3 Å². The quantitative estimate of drug-likeness (QED) is 0.144. The normalized spacial score (nSPS) is 10.9. The largest absolute Gasteiger partial charge is 0.434 e. The molecule has 0 heterocycles. The Hall–Kier alpha value is -1.05. The van der Waals surface area contributed by atoms with Gasteiger partial charge in [-0.15, -0.1) is 0 Å². The predicted octanol–water partition coefficient (Wildman–Crippen LogP) is 6.32. The van der Waals surface area contributed by atoms with Crippen LogP contribution in [0.5, 0.6) is 0 Å². The molecule has 0 bridgehead atoms. The number of rotatable bonds is 16. The van der Waals surface area contributed by atoms with Gasteiger partial charge in [0.25, 0.3) is 6.47 Å². The number of carbonyl (C=O) groups is 1. The molecule has 0 radical (unpaired) electrons. The van der Waals surface area contributed by atoms with E-state index in [1.165, 1.54) is 70.6 Å². The van der Waals surface area contributed by atoms with Crippen LogP contribution in [0.15, 0.2) is 24.5 Å². The minimum absolute atomic E-state index is 0.455. The fraction of sp³-hybridized carbons (Fsp3) is 0.737. The molecular formula is C19H34O2. The van der Waals surface area contributed by atoms with Gasteiger partial charge >= 0.3 is 0 Å². The second-order valence-corrected chi connectivity index (χ2v) is 5.73. The van der Waals surface area contributed by atoms with E-state index in [1.54, 1.807) is 0 Å². The van der Waals surface area contributed by atoms with Gasteiger partial charge in [0.1, 0.15) is 5.76 Å². The van der Waals surface area contributed by atoms with E-state index in [2.05, 4.69) is 30.4 Å². The standard InChI is InChI=1S/C19H34O2/c1-3-4-5-6-7-8-9-10-11-12-13-14-15-16-17-19(2)21-18-20/h10-11,18H,2-9,12-17H2,1H3. The zero-order chi connectivity index (χ0) is 15.6. The summed E-state index contributed by atoms with van der Waals surface area (Å²) in [5.74, 6) is 0.587. The van der Waals surface area contributed by atoms with Crippen LogP contribution in [0.3, 0.4) is 0 Å².